The molecule has 0 bridgehead atoms. The third-order valence-electron chi connectivity index (χ3n) is 2.39. The van der Waals surface area contributed by atoms with Crippen LogP contribution in [0.1, 0.15) is 26.7 Å². The van der Waals surface area contributed by atoms with Gasteiger partial charge in [0.15, 0.2) is 0 Å². The molecule has 0 fully saturated rings. The molecule has 0 radical (unpaired) electrons. The van der Waals surface area contributed by atoms with Crippen LogP contribution in [0.2, 0.25) is 0 Å². The lowest BCUT2D eigenvalue weighted by Gasteiger charge is -2.20. The Bertz CT molecular complexity index is 263. The van der Waals surface area contributed by atoms with E-state index in [2.05, 4.69) is 23.8 Å². The van der Waals surface area contributed by atoms with Crippen molar-refractivity contribution in [1.82, 2.24) is 14.7 Å². The molecule has 4 nitrogen and oxygen atoms in total. The van der Waals surface area contributed by atoms with Gasteiger partial charge in [-0.3, -0.25) is 4.68 Å². The summed E-state index contributed by atoms with van der Waals surface area (Å²) in [6.45, 7) is 8.76. The van der Waals surface area contributed by atoms with E-state index in [1.807, 2.05) is 16.9 Å². The fourth-order valence-corrected chi connectivity index (χ4v) is 1.71. The summed E-state index contributed by atoms with van der Waals surface area (Å²) >= 11 is 0. The molecule has 0 aliphatic carbocycles. The molecular weight excluding hydrogens is 188 g/mol. The summed E-state index contributed by atoms with van der Waals surface area (Å²) in [6.07, 6.45) is 4.36. The van der Waals surface area contributed by atoms with Gasteiger partial charge in [-0.2, -0.15) is 5.10 Å². The summed E-state index contributed by atoms with van der Waals surface area (Å²) in [4.78, 5) is 2.47. The van der Waals surface area contributed by atoms with Gasteiger partial charge in [0, 0.05) is 12.7 Å². The van der Waals surface area contributed by atoms with E-state index in [1.165, 1.54) is 25.9 Å². The van der Waals surface area contributed by atoms with Crippen LogP contribution in [-0.2, 0) is 6.54 Å². The molecule has 0 atom stereocenters. The largest absolute Gasteiger partial charge is 0.382 e. The van der Waals surface area contributed by atoms with E-state index >= 15 is 0 Å². The molecule has 0 saturated heterocycles. The number of hydrogen-bond donors (Lipinski definition) is 1. The predicted octanol–water partition coefficient (Wildman–Crippen LogP) is 1.59. The Hall–Kier alpha value is -1.03. The van der Waals surface area contributed by atoms with Crippen molar-refractivity contribution in [3.05, 3.63) is 12.3 Å². The molecule has 1 rings (SSSR count). The Morgan fingerprint density at radius 2 is 1.93 bits per heavy atom. The third kappa shape index (κ3) is 4.34. The quantitative estimate of drug-likeness (QED) is 0.743. The molecule has 1 aromatic heterocycles. The second kappa shape index (κ2) is 6.45. The number of anilines is 1. The molecule has 0 saturated carbocycles. The van der Waals surface area contributed by atoms with E-state index in [0.717, 1.165) is 13.1 Å². The van der Waals surface area contributed by atoms with E-state index in [1.54, 1.807) is 0 Å². The lowest BCUT2D eigenvalue weighted by atomic mass is 10.3. The average molecular weight is 210 g/mol. The molecule has 1 heterocycles. The smallest absolute Gasteiger partial charge is 0.145 e. The molecular formula is C11H22N4. The van der Waals surface area contributed by atoms with Crippen molar-refractivity contribution in [2.24, 2.45) is 0 Å². The van der Waals surface area contributed by atoms with Gasteiger partial charge in [0.25, 0.3) is 0 Å². The highest BCUT2D eigenvalue weighted by Gasteiger charge is 2.02. The first kappa shape index (κ1) is 12.0. The van der Waals surface area contributed by atoms with Gasteiger partial charge in [-0.05, 0) is 32.0 Å². The minimum absolute atomic E-state index is 0.604. The van der Waals surface area contributed by atoms with E-state index < -0.39 is 0 Å². The minimum Gasteiger partial charge on any atom is -0.382 e. The fraction of sp³-hybridized carbons (Fsp3) is 0.727. The van der Waals surface area contributed by atoms with Crippen LogP contribution in [0.15, 0.2) is 12.3 Å². The van der Waals surface area contributed by atoms with Crippen LogP contribution in [0.25, 0.3) is 0 Å². The number of hydrogen-bond acceptors (Lipinski definition) is 3. The highest BCUT2D eigenvalue weighted by atomic mass is 15.3. The monoisotopic (exact) mass is 210 g/mol. The van der Waals surface area contributed by atoms with Crippen molar-refractivity contribution in [1.29, 1.82) is 0 Å². The van der Waals surface area contributed by atoms with Crippen molar-refractivity contribution in [3.8, 4) is 0 Å². The Morgan fingerprint density at radius 3 is 2.40 bits per heavy atom. The number of nitrogens with zero attached hydrogens (tertiary/aromatic N) is 3. The summed E-state index contributed by atoms with van der Waals surface area (Å²) in [5, 5.41) is 4.17. The average Bonchev–Trinajstić information content (AvgIpc) is 2.61. The third-order valence-corrected chi connectivity index (χ3v) is 2.39. The van der Waals surface area contributed by atoms with E-state index in [-0.39, 0.29) is 0 Å². The molecule has 0 unspecified atom stereocenters. The first-order valence-electron chi connectivity index (χ1n) is 5.77. The molecule has 0 aromatic carbocycles. The zero-order valence-corrected chi connectivity index (χ0v) is 9.82. The maximum atomic E-state index is 5.56. The maximum Gasteiger partial charge on any atom is 0.145 e. The van der Waals surface area contributed by atoms with Crippen molar-refractivity contribution in [2.45, 2.75) is 33.2 Å². The molecule has 15 heavy (non-hydrogen) atoms. The summed E-state index contributed by atoms with van der Waals surface area (Å²) in [5.74, 6) is 0.604. The zero-order chi connectivity index (χ0) is 11.1. The van der Waals surface area contributed by atoms with Gasteiger partial charge in [0.05, 0.1) is 6.54 Å². The molecule has 4 heteroatoms. The lowest BCUT2D eigenvalue weighted by Crippen LogP contribution is -2.29. The van der Waals surface area contributed by atoms with Crippen molar-refractivity contribution in [3.63, 3.8) is 0 Å². The van der Waals surface area contributed by atoms with Gasteiger partial charge in [0.1, 0.15) is 5.82 Å². The van der Waals surface area contributed by atoms with Gasteiger partial charge in [-0.25, -0.2) is 0 Å². The van der Waals surface area contributed by atoms with Gasteiger partial charge in [-0.15, -0.1) is 0 Å². The number of nitrogens with two attached hydrogens (primary N) is 1. The normalized spacial score (nSPS) is 11.1. The highest BCUT2D eigenvalue weighted by molar-refractivity contribution is 5.23. The standard InChI is InChI=1S/C11H22N4/c1-3-6-14(7-4-2)9-10-15-8-5-11(12)13-15/h5,8H,3-4,6-7,9-10H2,1-2H3,(H2,12,13). The van der Waals surface area contributed by atoms with E-state index in [4.69, 9.17) is 5.73 Å². The molecule has 0 spiro atoms. The number of aromatic nitrogens is 2. The van der Waals surface area contributed by atoms with Crippen molar-refractivity contribution < 1.29 is 0 Å². The second-order valence-electron chi connectivity index (χ2n) is 3.85. The first-order valence-corrected chi connectivity index (χ1v) is 5.77. The predicted molar refractivity (Wildman–Crippen MR) is 63.7 cm³/mol. The maximum absolute atomic E-state index is 5.56. The molecule has 0 aliphatic heterocycles. The van der Waals surface area contributed by atoms with Gasteiger partial charge in [-0.1, -0.05) is 13.8 Å². The van der Waals surface area contributed by atoms with Crippen LogP contribution in [0, 0.1) is 0 Å². The Morgan fingerprint density at radius 1 is 1.27 bits per heavy atom. The fourth-order valence-electron chi connectivity index (χ4n) is 1.71. The molecule has 0 amide bonds. The van der Waals surface area contributed by atoms with Crippen molar-refractivity contribution in [2.75, 3.05) is 25.4 Å². The number of nitrogen functional groups attached to an aromatic ring is 1. The van der Waals surface area contributed by atoms with Crippen LogP contribution < -0.4 is 5.73 Å². The summed E-state index contributed by atoms with van der Waals surface area (Å²) in [7, 11) is 0. The topological polar surface area (TPSA) is 47.1 Å². The van der Waals surface area contributed by atoms with Crippen LogP contribution in [0.3, 0.4) is 0 Å². The van der Waals surface area contributed by atoms with Crippen LogP contribution in [0.4, 0.5) is 5.82 Å². The Labute approximate surface area is 92.1 Å². The van der Waals surface area contributed by atoms with Crippen LogP contribution in [0.5, 0.6) is 0 Å². The van der Waals surface area contributed by atoms with Gasteiger partial charge < -0.3 is 10.6 Å². The Balaban J connectivity index is 2.32. The first-order chi connectivity index (χ1) is 7.26. The van der Waals surface area contributed by atoms with Crippen molar-refractivity contribution >= 4 is 5.82 Å². The summed E-state index contributed by atoms with van der Waals surface area (Å²) in [5.41, 5.74) is 5.56. The zero-order valence-electron chi connectivity index (χ0n) is 9.82. The highest BCUT2D eigenvalue weighted by Crippen LogP contribution is 1.98. The SMILES string of the molecule is CCCN(CCC)CCn1ccc(N)n1. The lowest BCUT2D eigenvalue weighted by molar-refractivity contribution is 0.259. The molecule has 1 aromatic rings. The Kier molecular flexibility index (Phi) is 5.18. The second-order valence-corrected chi connectivity index (χ2v) is 3.85. The summed E-state index contributed by atoms with van der Waals surface area (Å²) in [6, 6.07) is 1.84. The van der Waals surface area contributed by atoms with Crippen LogP contribution in [-0.4, -0.2) is 34.3 Å². The molecule has 2 N–H and O–H groups in total. The summed E-state index contributed by atoms with van der Waals surface area (Å²) < 4.78 is 1.91. The van der Waals surface area contributed by atoms with Gasteiger partial charge >= 0.3 is 0 Å². The molecule has 0 aliphatic rings. The number of rotatable bonds is 7. The molecule has 86 valence electrons. The van der Waals surface area contributed by atoms with Crippen LogP contribution >= 0.6 is 0 Å². The van der Waals surface area contributed by atoms with E-state index in [9.17, 15) is 0 Å². The van der Waals surface area contributed by atoms with E-state index in [0.29, 0.717) is 5.82 Å². The minimum atomic E-state index is 0.604. The van der Waals surface area contributed by atoms with Gasteiger partial charge in [0.2, 0.25) is 0 Å².